The van der Waals surface area contributed by atoms with Crippen LogP contribution in [0.25, 0.3) is 22.0 Å². The molecular formula is C20H19B2N. The first-order valence-electron chi connectivity index (χ1n) is 7.94. The van der Waals surface area contributed by atoms with Crippen LogP contribution in [0, 0.1) is 13.8 Å². The van der Waals surface area contributed by atoms with Crippen LogP contribution in [0.1, 0.15) is 36.5 Å². The molecule has 110 valence electrons. The highest BCUT2D eigenvalue weighted by molar-refractivity contribution is 6.52. The first-order chi connectivity index (χ1) is 10.9. The lowest BCUT2D eigenvalue weighted by Gasteiger charge is -2.15. The van der Waals surface area contributed by atoms with Crippen molar-refractivity contribution in [3.63, 3.8) is 0 Å². The van der Waals surface area contributed by atoms with Crippen molar-refractivity contribution in [2.45, 2.75) is 33.6 Å². The SMILES string of the molecule is [B]c1nc(-c2cc(C)cc(C)c2)c2ccc(C(C)C)cc2c1[B]. The normalized spacial score (nSPS) is 11.3. The smallest absolute Gasteiger partial charge is 0.140 e. The monoisotopic (exact) mass is 295 g/mol. The molecule has 0 spiro atoms. The molecule has 1 aromatic heterocycles. The predicted octanol–water partition coefficient (Wildman–Crippen LogP) is 3.23. The summed E-state index contributed by atoms with van der Waals surface area (Å²) in [6, 6.07) is 12.8. The van der Waals surface area contributed by atoms with Gasteiger partial charge in [-0.2, -0.15) is 0 Å². The van der Waals surface area contributed by atoms with Gasteiger partial charge in [-0.1, -0.05) is 54.7 Å². The zero-order valence-corrected chi connectivity index (χ0v) is 14.1. The second kappa shape index (κ2) is 5.88. The highest BCUT2D eigenvalue weighted by atomic mass is 14.7. The average molecular weight is 295 g/mol. The molecule has 0 amide bonds. The van der Waals surface area contributed by atoms with E-state index in [2.05, 4.69) is 69.1 Å². The van der Waals surface area contributed by atoms with Gasteiger partial charge < -0.3 is 0 Å². The molecule has 0 atom stereocenters. The molecule has 3 aromatic rings. The van der Waals surface area contributed by atoms with Crippen LogP contribution in [0.15, 0.2) is 36.4 Å². The van der Waals surface area contributed by atoms with Crippen LogP contribution in [0.2, 0.25) is 0 Å². The van der Waals surface area contributed by atoms with Crippen molar-refractivity contribution in [2.75, 3.05) is 0 Å². The lowest BCUT2D eigenvalue weighted by atomic mass is 9.80. The minimum atomic E-state index is 0.396. The summed E-state index contributed by atoms with van der Waals surface area (Å²) in [6.45, 7) is 8.53. The molecule has 1 nitrogen and oxygen atoms in total. The molecule has 0 unspecified atom stereocenters. The molecule has 0 saturated carbocycles. The fourth-order valence-corrected chi connectivity index (χ4v) is 3.06. The third-order valence-corrected chi connectivity index (χ3v) is 4.26. The Morgan fingerprint density at radius 1 is 0.870 bits per heavy atom. The van der Waals surface area contributed by atoms with Crippen LogP contribution in [0.3, 0.4) is 0 Å². The summed E-state index contributed by atoms with van der Waals surface area (Å²) in [5.74, 6) is 0.442. The highest BCUT2D eigenvalue weighted by Crippen LogP contribution is 2.28. The van der Waals surface area contributed by atoms with Gasteiger partial charge in [0.2, 0.25) is 0 Å². The number of aryl methyl sites for hydroxylation is 2. The van der Waals surface area contributed by atoms with Gasteiger partial charge in [-0.25, -0.2) is 0 Å². The Kier molecular flexibility index (Phi) is 4.06. The minimum absolute atomic E-state index is 0.396. The number of aromatic nitrogens is 1. The van der Waals surface area contributed by atoms with E-state index in [4.69, 9.17) is 15.7 Å². The van der Waals surface area contributed by atoms with Gasteiger partial charge in [-0.3, -0.25) is 4.98 Å². The highest BCUT2D eigenvalue weighted by Gasteiger charge is 2.12. The summed E-state index contributed by atoms with van der Waals surface area (Å²) in [7, 11) is 12.3. The van der Waals surface area contributed by atoms with Crippen LogP contribution in [-0.4, -0.2) is 20.7 Å². The van der Waals surface area contributed by atoms with Crippen molar-refractivity contribution in [3.05, 3.63) is 53.1 Å². The maximum atomic E-state index is 6.21. The molecule has 2 aromatic carbocycles. The van der Waals surface area contributed by atoms with Gasteiger partial charge in [-0.05, 0) is 48.4 Å². The van der Waals surface area contributed by atoms with Gasteiger partial charge in [0.25, 0.3) is 0 Å². The molecule has 1 heterocycles. The van der Waals surface area contributed by atoms with E-state index >= 15 is 0 Å². The number of rotatable bonds is 2. The van der Waals surface area contributed by atoms with Gasteiger partial charge in [0, 0.05) is 10.9 Å². The van der Waals surface area contributed by atoms with Crippen LogP contribution in [0.4, 0.5) is 0 Å². The van der Waals surface area contributed by atoms with E-state index < -0.39 is 0 Å². The van der Waals surface area contributed by atoms with Crippen molar-refractivity contribution in [3.8, 4) is 11.3 Å². The molecule has 3 heteroatoms. The molecule has 0 aliphatic heterocycles. The zero-order valence-electron chi connectivity index (χ0n) is 14.1. The van der Waals surface area contributed by atoms with Gasteiger partial charge in [0.1, 0.15) is 15.7 Å². The van der Waals surface area contributed by atoms with Gasteiger partial charge in [0.15, 0.2) is 0 Å². The maximum absolute atomic E-state index is 6.21. The Morgan fingerprint density at radius 2 is 1.52 bits per heavy atom. The summed E-state index contributed by atoms with van der Waals surface area (Å²) >= 11 is 0. The number of fused-ring (bicyclic) bond motifs is 1. The topological polar surface area (TPSA) is 12.9 Å². The first kappa shape index (κ1) is 15.9. The quantitative estimate of drug-likeness (QED) is 0.661. The fourth-order valence-electron chi connectivity index (χ4n) is 3.06. The number of hydrogen-bond donors (Lipinski definition) is 0. The summed E-state index contributed by atoms with van der Waals surface area (Å²) in [5.41, 5.74) is 6.61. The fraction of sp³-hybridized carbons (Fsp3) is 0.250. The van der Waals surface area contributed by atoms with Crippen LogP contribution in [0.5, 0.6) is 0 Å². The summed E-state index contributed by atoms with van der Waals surface area (Å²) in [5, 5.41) is 2.03. The molecule has 0 aliphatic carbocycles. The van der Waals surface area contributed by atoms with Crippen molar-refractivity contribution < 1.29 is 0 Å². The van der Waals surface area contributed by atoms with E-state index in [0.717, 1.165) is 22.0 Å². The van der Waals surface area contributed by atoms with Crippen molar-refractivity contribution in [2.24, 2.45) is 0 Å². The van der Waals surface area contributed by atoms with Crippen LogP contribution < -0.4 is 11.1 Å². The number of nitrogens with zero attached hydrogens (tertiary/aromatic N) is 1. The largest absolute Gasteiger partial charge is 0.264 e. The third kappa shape index (κ3) is 2.93. The Labute approximate surface area is 141 Å². The Balaban J connectivity index is 2.35. The third-order valence-electron chi connectivity index (χ3n) is 4.26. The Hall–Kier alpha value is -2.02. The summed E-state index contributed by atoms with van der Waals surface area (Å²) in [6.07, 6.45) is 0. The van der Waals surface area contributed by atoms with Gasteiger partial charge >= 0.3 is 0 Å². The first-order valence-corrected chi connectivity index (χ1v) is 7.94. The van der Waals surface area contributed by atoms with E-state index in [1.54, 1.807) is 0 Å². The van der Waals surface area contributed by atoms with Crippen LogP contribution in [-0.2, 0) is 0 Å². The van der Waals surface area contributed by atoms with E-state index in [0.29, 0.717) is 17.0 Å². The standard InChI is InChI=1S/C20H19B2N/c1-11(2)14-5-6-16-17(10-14)18(21)20(22)23-19(16)15-8-12(3)7-13(4)9-15/h5-11H,1-4H3. The number of pyridine rings is 1. The molecular weight excluding hydrogens is 276 g/mol. The maximum Gasteiger partial charge on any atom is 0.140 e. The molecule has 0 aliphatic rings. The lowest BCUT2D eigenvalue weighted by Crippen LogP contribution is -2.30. The number of hydrogen-bond acceptors (Lipinski definition) is 1. The molecule has 0 saturated heterocycles. The minimum Gasteiger partial charge on any atom is -0.264 e. The second-order valence-electron chi connectivity index (χ2n) is 6.60. The van der Waals surface area contributed by atoms with Gasteiger partial charge in [-0.15, -0.1) is 0 Å². The molecule has 3 rings (SSSR count). The van der Waals surface area contributed by atoms with E-state index in [1.807, 2.05) is 0 Å². The molecule has 4 radical (unpaired) electrons. The van der Waals surface area contributed by atoms with Crippen molar-refractivity contribution in [1.82, 2.24) is 4.98 Å². The molecule has 23 heavy (non-hydrogen) atoms. The van der Waals surface area contributed by atoms with Crippen molar-refractivity contribution >= 4 is 37.5 Å². The molecule has 0 N–H and O–H groups in total. The summed E-state index contributed by atoms with van der Waals surface area (Å²) in [4.78, 5) is 4.58. The molecule has 0 fully saturated rings. The van der Waals surface area contributed by atoms with Crippen molar-refractivity contribution in [1.29, 1.82) is 0 Å². The predicted molar refractivity (Wildman–Crippen MR) is 102 cm³/mol. The zero-order chi connectivity index (χ0) is 16.7. The second-order valence-corrected chi connectivity index (χ2v) is 6.60. The van der Waals surface area contributed by atoms with E-state index in [-0.39, 0.29) is 0 Å². The number of benzene rings is 2. The van der Waals surface area contributed by atoms with E-state index in [1.165, 1.54) is 16.7 Å². The van der Waals surface area contributed by atoms with E-state index in [9.17, 15) is 0 Å². The lowest BCUT2D eigenvalue weighted by molar-refractivity contribution is 0.869. The molecule has 0 bridgehead atoms. The Morgan fingerprint density at radius 3 is 2.13 bits per heavy atom. The van der Waals surface area contributed by atoms with Gasteiger partial charge in [0.05, 0.1) is 5.69 Å². The Bertz CT molecular complexity index is 878. The average Bonchev–Trinajstić information content (AvgIpc) is 2.49. The van der Waals surface area contributed by atoms with Crippen LogP contribution >= 0.6 is 0 Å². The summed E-state index contributed by atoms with van der Waals surface area (Å²) < 4.78 is 0.